The maximum absolute atomic E-state index is 12.4. The first-order valence-electron chi connectivity index (χ1n) is 6.37. The van der Waals surface area contributed by atoms with Gasteiger partial charge in [0.2, 0.25) is 0 Å². The van der Waals surface area contributed by atoms with Gasteiger partial charge in [-0.05, 0) is 12.0 Å². The minimum Gasteiger partial charge on any atom is -0.337 e. The van der Waals surface area contributed by atoms with Crippen molar-refractivity contribution in [2.45, 2.75) is 20.3 Å². The second-order valence-corrected chi connectivity index (χ2v) is 4.83. The molecule has 0 unspecified atom stereocenters. The van der Waals surface area contributed by atoms with Gasteiger partial charge in [-0.3, -0.25) is 14.9 Å². The predicted octanol–water partition coefficient (Wildman–Crippen LogP) is 2.61. The summed E-state index contributed by atoms with van der Waals surface area (Å²) in [5.74, 6) is -0.179. The molecule has 1 aromatic carbocycles. The Bertz CT molecular complexity index is 535. The lowest BCUT2D eigenvalue weighted by Gasteiger charge is -2.23. The van der Waals surface area contributed by atoms with E-state index in [4.69, 9.17) is 5.26 Å². The van der Waals surface area contributed by atoms with Gasteiger partial charge in [-0.25, -0.2) is 0 Å². The Morgan fingerprint density at radius 1 is 1.45 bits per heavy atom. The van der Waals surface area contributed by atoms with E-state index in [1.807, 2.05) is 19.9 Å². The second-order valence-electron chi connectivity index (χ2n) is 4.83. The number of nitro benzene ring substituents is 1. The molecule has 0 spiro atoms. The first-order valence-corrected chi connectivity index (χ1v) is 6.37. The molecule has 0 bridgehead atoms. The standard InChI is InChI=1S/C14H17N3O3/c1-11(2)10-16(9-5-8-15)14(18)12-6-3-4-7-13(12)17(19)20/h3-4,6-7,11H,5,9-10H2,1-2H3. The lowest BCUT2D eigenvalue weighted by Crippen LogP contribution is -2.35. The number of rotatable bonds is 6. The first kappa shape index (κ1) is 15.6. The zero-order valence-corrected chi connectivity index (χ0v) is 11.6. The first-order chi connectivity index (χ1) is 9.47. The molecule has 0 radical (unpaired) electrons. The molecule has 0 aromatic heterocycles. The van der Waals surface area contributed by atoms with Gasteiger partial charge in [-0.15, -0.1) is 0 Å². The summed E-state index contributed by atoms with van der Waals surface area (Å²) in [6.07, 6.45) is 0.207. The van der Waals surface area contributed by atoms with E-state index in [1.54, 1.807) is 6.07 Å². The van der Waals surface area contributed by atoms with Crippen molar-refractivity contribution >= 4 is 11.6 Å². The molecule has 0 N–H and O–H groups in total. The number of amides is 1. The van der Waals surface area contributed by atoms with E-state index < -0.39 is 10.8 Å². The van der Waals surface area contributed by atoms with Crippen LogP contribution in [0.4, 0.5) is 5.69 Å². The molecule has 0 fully saturated rings. The average Bonchev–Trinajstić information content (AvgIpc) is 2.42. The molecular formula is C14H17N3O3. The van der Waals surface area contributed by atoms with Gasteiger partial charge in [0.05, 0.1) is 17.4 Å². The van der Waals surface area contributed by atoms with Gasteiger partial charge < -0.3 is 4.90 Å². The number of nitrogens with zero attached hydrogens (tertiary/aromatic N) is 3. The molecule has 6 heteroatoms. The summed E-state index contributed by atoms with van der Waals surface area (Å²) < 4.78 is 0. The van der Waals surface area contributed by atoms with Crippen LogP contribution in [-0.2, 0) is 0 Å². The summed E-state index contributed by atoms with van der Waals surface area (Å²) in [4.78, 5) is 24.3. The smallest absolute Gasteiger partial charge is 0.282 e. The lowest BCUT2D eigenvalue weighted by atomic mass is 10.1. The molecule has 0 atom stereocenters. The number of hydrogen-bond acceptors (Lipinski definition) is 4. The molecule has 0 saturated heterocycles. The topological polar surface area (TPSA) is 87.2 Å². The van der Waals surface area contributed by atoms with Crippen molar-refractivity contribution in [3.05, 3.63) is 39.9 Å². The SMILES string of the molecule is CC(C)CN(CCC#N)C(=O)c1ccccc1[N+](=O)[O-]. The van der Waals surface area contributed by atoms with Crippen LogP contribution in [0.1, 0.15) is 30.6 Å². The van der Waals surface area contributed by atoms with E-state index in [-0.39, 0.29) is 30.1 Å². The van der Waals surface area contributed by atoms with Crippen LogP contribution in [0.25, 0.3) is 0 Å². The van der Waals surface area contributed by atoms with Crippen molar-refractivity contribution < 1.29 is 9.72 Å². The number of hydrogen-bond donors (Lipinski definition) is 0. The molecule has 20 heavy (non-hydrogen) atoms. The highest BCUT2D eigenvalue weighted by molar-refractivity contribution is 5.98. The average molecular weight is 275 g/mol. The Balaban J connectivity index is 3.05. The third-order valence-electron chi connectivity index (χ3n) is 2.70. The molecule has 1 rings (SSSR count). The van der Waals surface area contributed by atoms with Gasteiger partial charge in [0, 0.05) is 19.2 Å². The minimum absolute atomic E-state index is 0.0658. The van der Waals surface area contributed by atoms with Gasteiger partial charge >= 0.3 is 0 Å². The van der Waals surface area contributed by atoms with Crippen LogP contribution >= 0.6 is 0 Å². The normalized spacial score (nSPS) is 10.1. The van der Waals surface area contributed by atoms with Crippen molar-refractivity contribution in [2.24, 2.45) is 5.92 Å². The van der Waals surface area contributed by atoms with Crippen LogP contribution in [0, 0.1) is 27.4 Å². The Labute approximate surface area is 117 Å². The fourth-order valence-corrected chi connectivity index (χ4v) is 1.89. The maximum atomic E-state index is 12.4. The number of carbonyl (C=O) groups excluding carboxylic acids is 1. The fraction of sp³-hybridized carbons (Fsp3) is 0.429. The molecule has 0 heterocycles. The highest BCUT2D eigenvalue weighted by atomic mass is 16.6. The molecule has 0 aliphatic heterocycles. The number of nitriles is 1. The zero-order valence-electron chi connectivity index (χ0n) is 11.6. The summed E-state index contributed by atoms with van der Waals surface area (Å²) in [5.41, 5.74) is -0.140. The van der Waals surface area contributed by atoms with Gasteiger partial charge in [-0.2, -0.15) is 5.26 Å². The summed E-state index contributed by atoms with van der Waals surface area (Å²) >= 11 is 0. The molecular weight excluding hydrogens is 258 g/mol. The van der Waals surface area contributed by atoms with Crippen LogP contribution < -0.4 is 0 Å². The van der Waals surface area contributed by atoms with Crippen LogP contribution in [0.15, 0.2) is 24.3 Å². The molecule has 106 valence electrons. The predicted molar refractivity (Wildman–Crippen MR) is 74.1 cm³/mol. The largest absolute Gasteiger partial charge is 0.337 e. The van der Waals surface area contributed by atoms with E-state index in [0.717, 1.165) is 0 Å². The van der Waals surface area contributed by atoms with Crippen molar-refractivity contribution in [1.29, 1.82) is 5.26 Å². The van der Waals surface area contributed by atoms with Gasteiger partial charge in [0.15, 0.2) is 0 Å². The van der Waals surface area contributed by atoms with Crippen molar-refractivity contribution in [1.82, 2.24) is 4.90 Å². The second kappa shape index (κ2) is 7.24. The summed E-state index contributed by atoms with van der Waals surface area (Å²) in [6, 6.07) is 7.86. The number of benzene rings is 1. The van der Waals surface area contributed by atoms with Crippen molar-refractivity contribution in [2.75, 3.05) is 13.1 Å². The molecule has 0 aliphatic carbocycles. The molecule has 0 aliphatic rings. The van der Waals surface area contributed by atoms with Gasteiger partial charge in [0.25, 0.3) is 11.6 Å². The van der Waals surface area contributed by atoms with Crippen LogP contribution in [-0.4, -0.2) is 28.8 Å². The Morgan fingerprint density at radius 3 is 2.65 bits per heavy atom. The number of carbonyl (C=O) groups is 1. The van der Waals surface area contributed by atoms with E-state index in [9.17, 15) is 14.9 Å². The molecule has 1 amide bonds. The minimum atomic E-state index is -0.564. The molecule has 0 saturated carbocycles. The summed E-state index contributed by atoms with van der Waals surface area (Å²) in [6.45, 7) is 4.64. The Hall–Kier alpha value is -2.42. The Morgan fingerprint density at radius 2 is 2.10 bits per heavy atom. The van der Waals surface area contributed by atoms with E-state index in [2.05, 4.69) is 0 Å². The van der Waals surface area contributed by atoms with Crippen LogP contribution in [0.2, 0.25) is 0 Å². The van der Waals surface area contributed by atoms with Crippen molar-refractivity contribution in [3.63, 3.8) is 0 Å². The van der Waals surface area contributed by atoms with Gasteiger partial charge in [-0.1, -0.05) is 26.0 Å². The van der Waals surface area contributed by atoms with Crippen LogP contribution in [0.5, 0.6) is 0 Å². The molecule has 1 aromatic rings. The fourth-order valence-electron chi connectivity index (χ4n) is 1.89. The number of para-hydroxylation sites is 1. The Kier molecular flexibility index (Phi) is 5.66. The summed E-state index contributed by atoms with van der Waals surface area (Å²) in [7, 11) is 0. The van der Waals surface area contributed by atoms with Crippen molar-refractivity contribution in [3.8, 4) is 6.07 Å². The zero-order chi connectivity index (χ0) is 15.1. The lowest BCUT2D eigenvalue weighted by molar-refractivity contribution is -0.385. The van der Waals surface area contributed by atoms with E-state index in [0.29, 0.717) is 6.54 Å². The third kappa shape index (κ3) is 4.05. The van der Waals surface area contributed by atoms with Gasteiger partial charge in [0.1, 0.15) is 5.56 Å². The highest BCUT2D eigenvalue weighted by Gasteiger charge is 2.24. The molecule has 6 nitrogen and oxygen atoms in total. The number of nitro groups is 1. The monoisotopic (exact) mass is 275 g/mol. The maximum Gasteiger partial charge on any atom is 0.282 e. The van der Waals surface area contributed by atoms with E-state index in [1.165, 1.54) is 23.1 Å². The van der Waals surface area contributed by atoms with Crippen LogP contribution in [0.3, 0.4) is 0 Å². The summed E-state index contributed by atoms with van der Waals surface area (Å²) in [5, 5.41) is 19.6. The highest BCUT2D eigenvalue weighted by Crippen LogP contribution is 2.20. The quantitative estimate of drug-likeness (QED) is 0.589. The third-order valence-corrected chi connectivity index (χ3v) is 2.70. The van der Waals surface area contributed by atoms with E-state index >= 15 is 0 Å².